The van der Waals surface area contributed by atoms with Gasteiger partial charge in [0.2, 0.25) is 10.0 Å². The molecule has 0 unspecified atom stereocenters. The van der Waals surface area contributed by atoms with Gasteiger partial charge in [0.25, 0.3) is 5.91 Å². The maximum Gasteiger partial charge on any atom is 0.251 e. The van der Waals surface area contributed by atoms with Gasteiger partial charge in [-0.15, -0.1) is 0 Å². The Hall–Kier alpha value is -3.31. The van der Waals surface area contributed by atoms with Crippen molar-refractivity contribution in [3.8, 4) is 5.82 Å². The topological polar surface area (TPSA) is 122 Å². The van der Waals surface area contributed by atoms with E-state index in [1.807, 2.05) is 0 Å². The predicted molar refractivity (Wildman–Crippen MR) is 107 cm³/mol. The van der Waals surface area contributed by atoms with Crippen LogP contribution in [0.3, 0.4) is 0 Å². The van der Waals surface area contributed by atoms with Gasteiger partial charge in [-0.3, -0.25) is 4.79 Å². The molecule has 2 N–H and O–H groups in total. The van der Waals surface area contributed by atoms with Crippen LogP contribution in [0.1, 0.15) is 10.4 Å². The minimum absolute atomic E-state index is 0.137. The van der Waals surface area contributed by atoms with E-state index in [-0.39, 0.29) is 10.8 Å². The average Bonchev–Trinajstić information content (AvgIpc) is 3.26. The molecule has 1 aromatic carbocycles. The van der Waals surface area contributed by atoms with Crippen molar-refractivity contribution in [1.29, 1.82) is 0 Å². The Morgan fingerprint density at radius 1 is 1.14 bits per heavy atom. The van der Waals surface area contributed by atoms with Crippen LogP contribution in [0, 0.1) is 0 Å². The fourth-order valence-corrected chi connectivity index (χ4v) is 3.33. The van der Waals surface area contributed by atoms with Gasteiger partial charge in [-0.1, -0.05) is 0 Å². The van der Waals surface area contributed by atoms with Crippen molar-refractivity contribution >= 4 is 21.7 Å². The van der Waals surface area contributed by atoms with E-state index in [2.05, 4.69) is 25.7 Å². The highest BCUT2D eigenvalue weighted by Crippen LogP contribution is 2.14. The third-order valence-corrected chi connectivity index (χ3v) is 5.83. The van der Waals surface area contributed by atoms with Crippen LogP contribution in [-0.2, 0) is 10.0 Å². The number of hydrogen-bond donors (Lipinski definition) is 2. The second-order valence-corrected chi connectivity index (χ2v) is 8.36. The molecule has 0 bridgehead atoms. The number of hydrogen-bond acceptors (Lipinski definition) is 7. The average molecular weight is 415 g/mol. The zero-order valence-electron chi connectivity index (χ0n) is 16.0. The van der Waals surface area contributed by atoms with E-state index in [1.54, 1.807) is 29.2 Å². The van der Waals surface area contributed by atoms with Gasteiger partial charge in [0.15, 0.2) is 5.82 Å². The molecule has 3 rings (SSSR count). The van der Waals surface area contributed by atoms with Crippen molar-refractivity contribution in [1.82, 2.24) is 29.4 Å². The van der Waals surface area contributed by atoms with E-state index in [4.69, 9.17) is 0 Å². The van der Waals surface area contributed by atoms with Gasteiger partial charge >= 0.3 is 0 Å². The van der Waals surface area contributed by atoms with Gasteiger partial charge in [0.1, 0.15) is 12.1 Å². The molecule has 29 heavy (non-hydrogen) atoms. The number of nitrogens with zero attached hydrogens (tertiary/aromatic N) is 5. The fourth-order valence-electron chi connectivity index (χ4n) is 2.43. The van der Waals surface area contributed by atoms with Crippen LogP contribution >= 0.6 is 0 Å². The normalized spacial score (nSPS) is 11.4. The van der Waals surface area contributed by atoms with Crippen LogP contribution in [0.25, 0.3) is 5.82 Å². The highest BCUT2D eigenvalue weighted by Gasteiger charge is 2.17. The summed E-state index contributed by atoms with van der Waals surface area (Å²) in [6.07, 6.45) is 4.87. The van der Waals surface area contributed by atoms with Crippen LogP contribution in [0.2, 0.25) is 0 Å². The van der Waals surface area contributed by atoms with E-state index in [9.17, 15) is 13.2 Å². The molecule has 0 aliphatic heterocycles. The summed E-state index contributed by atoms with van der Waals surface area (Å²) in [5, 5.41) is 9.99. The van der Waals surface area contributed by atoms with Crippen LogP contribution < -0.4 is 10.6 Å². The lowest BCUT2D eigenvalue weighted by atomic mass is 10.2. The molecule has 0 fully saturated rings. The monoisotopic (exact) mass is 415 g/mol. The van der Waals surface area contributed by atoms with E-state index in [0.717, 1.165) is 4.31 Å². The lowest BCUT2D eigenvalue weighted by molar-refractivity contribution is 0.0955. The van der Waals surface area contributed by atoms with Crippen LogP contribution in [0.5, 0.6) is 0 Å². The van der Waals surface area contributed by atoms with Crippen molar-refractivity contribution < 1.29 is 13.2 Å². The van der Waals surface area contributed by atoms with Gasteiger partial charge in [0, 0.05) is 51.2 Å². The van der Waals surface area contributed by atoms with Crippen molar-refractivity contribution in [3.63, 3.8) is 0 Å². The molecule has 0 radical (unpaired) electrons. The lowest BCUT2D eigenvalue weighted by Gasteiger charge is -2.12. The molecular weight excluding hydrogens is 394 g/mol. The number of aromatic nitrogens is 4. The molecular formula is C18H21N7O3S. The lowest BCUT2D eigenvalue weighted by Crippen LogP contribution is -2.29. The zero-order chi connectivity index (χ0) is 20.9. The first-order chi connectivity index (χ1) is 13.9. The van der Waals surface area contributed by atoms with Gasteiger partial charge in [-0.25, -0.2) is 27.4 Å². The van der Waals surface area contributed by atoms with Crippen molar-refractivity contribution in [3.05, 3.63) is 60.7 Å². The summed E-state index contributed by atoms with van der Waals surface area (Å²) >= 11 is 0. The number of amides is 1. The standard InChI is InChI=1S/C18H21N7O3S/c1-24(2)29(27,28)15-6-4-14(5-7-15)18(26)20-10-9-19-16-12-17(22-13-21-16)25-11-3-8-23-25/h3-8,11-13H,9-10H2,1-2H3,(H,20,26)(H,19,21,22). The Bertz CT molecular complexity index is 1070. The molecule has 3 aromatic rings. The number of benzene rings is 1. The number of nitrogens with one attached hydrogen (secondary N) is 2. The van der Waals surface area contributed by atoms with Crippen molar-refractivity contribution in [2.75, 3.05) is 32.5 Å². The summed E-state index contributed by atoms with van der Waals surface area (Å²) in [6.45, 7) is 0.812. The molecule has 0 saturated carbocycles. The SMILES string of the molecule is CN(C)S(=O)(=O)c1ccc(C(=O)NCCNc2cc(-n3cccn3)ncn2)cc1. The first-order valence-electron chi connectivity index (χ1n) is 8.74. The summed E-state index contributed by atoms with van der Waals surface area (Å²) in [5.41, 5.74) is 0.380. The quantitative estimate of drug-likeness (QED) is 0.521. The molecule has 0 atom stereocenters. The summed E-state index contributed by atoms with van der Waals surface area (Å²) in [6, 6.07) is 9.35. The highest BCUT2D eigenvalue weighted by atomic mass is 32.2. The summed E-state index contributed by atoms with van der Waals surface area (Å²) < 4.78 is 26.9. The molecule has 0 spiro atoms. The van der Waals surface area contributed by atoms with E-state index < -0.39 is 10.0 Å². The van der Waals surface area contributed by atoms with E-state index in [1.165, 1.54) is 44.7 Å². The summed E-state index contributed by atoms with van der Waals surface area (Å²) in [7, 11) is -0.603. The number of anilines is 1. The maximum absolute atomic E-state index is 12.2. The molecule has 2 aromatic heterocycles. The molecule has 1 amide bonds. The second-order valence-electron chi connectivity index (χ2n) is 6.21. The molecule has 0 saturated heterocycles. The van der Waals surface area contributed by atoms with Crippen molar-refractivity contribution in [2.24, 2.45) is 0 Å². The Morgan fingerprint density at radius 2 is 1.90 bits per heavy atom. The van der Waals surface area contributed by atoms with Gasteiger partial charge in [0.05, 0.1) is 4.90 Å². The van der Waals surface area contributed by atoms with Gasteiger partial charge in [-0.2, -0.15) is 5.10 Å². The van der Waals surface area contributed by atoms with Crippen LogP contribution in [0.15, 0.2) is 60.0 Å². The molecule has 10 nitrogen and oxygen atoms in total. The molecule has 0 aliphatic carbocycles. The zero-order valence-corrected chi connectivity index (χ0v) is 16.8. The van der Waals surface area contributed by atoms with Crippen molar-refractivity contribution in [2.45, 2.75) is 4.90 Å². The predicted octanol–water partition coefficient (Wildman–Crippen LogP) is 0.754. The number of carbonyl (C=O) groups excluding carboxylic acids is 1. The van der Waals surface area contributed by atoms with Gasteiger partial charge < -0.3 is 10.6 Å². The minimum atomic E-state index is -3.52. The molecule has 11 heteroatoms. The van der Waals surface area contributed by atoms with Crippen LogP contribution in [-0.4, -0.2) is 65.6 Å². The third kappa shape index (κ3) is 4.95. The van der Waals surface area contributed by atoms with E-state index >= 15 is 0 Å². The molecule has 0 aliphatic rings. The first kappa shape index (κ1) is 20.4. The van der Waals surface area contributed by atoms with Gasteiger partial charge in [-0.05, 0) is 30.3 Å². The first-order valence-corrected chi connectivity index (χ1v) is 10.2. The maximum atomic E-state index is 12.2. The number of carbonyl (C=O) groups is 1. The second kappa shape index (κ2) is 8.80. The minimum Gasteiger partial charge on any atom is -0.368 e. The summed E-state index contributed by atoms with van der Waals surface area (Å²) in [5.74, 6) is 0.947. The smallest absolute Gasteiger partial charge is 0.251 e. The largest absolute Gasteiger partial charge is 0.368 e. The Balaban J connectivity index is 1.51. The van der Waals surface area contributed by atoms with E-state index in [0.29, 0.717) is 30.3 Å². The summed E-state index contributed by atoms with van der Waals surface area (Å²) in [4.78, 5) is 20.6. The molecule has 152 valence electrons. The molecule has 2 heterocycles. The van der Waals surface area contributed by atoms with Crippen LogP contribution in [0.4, 0.5) is 5.82 Å². The number of rotatable bonds is 8. The third-order valence-electron chi connectivity index (χ3n) is 4.00. The Labute approximate surface area is 168 Å². The Morgan fingerprint density at radius 3 is 2.55 bits per heavy atom. The highest BCUT2D eigenvalue weighted by molar-refractivity contribution is 7.89. The Kier molecular flexibility index (Phi) is 6.20. The number of sulfonamides is 1. The fraction of sp³-hybridized carbons (Fsp3) is 0.222.